The van der Waals surface area contributed by atoms with Crippen molar-refractivity contribution in [3.63, 3.8) is 0 Å². The van der Waals surface area contributed by atoms with Gasteiger partial charge in [0.15, 0.2) is 0 Å². The second-order valence-corrected chi connectivity index (χ2v) is 5.42. The Morgan fingerprint density at radius 2 is 1.70 bits per heavy atom. The Balaban J connectivity index is 2.20. The second-order valence-electron chi connectivity index (χ2n) is 4.99. The minimum absolute atomic E-state index is 0.653. The summed E-state index contributed by atoms with van der Waals surface area (Å²) in [7, 11) is 0. The molecule has 1 heterocycles. The molecule has 0 saturated carbocycles. The van der Waals surface area contributed by atoms with Crippen LogP contribution >= 0.6 is 11.6 Å². The van der Waals surface area contributed by atoms with E-state index in [4.69, 9.17) is 11.6 Å². The van der Waals surface area contributed by atoms with E-state index in [1.807, 2.05) is 36.4 Å². The number of aromatic nitrogens is 1. The van der Waals surface area contributed by atoms with Crippen LogP contribution in [0.25, 0.3) is 10.8 Å². The van der Waals surface area contributed by atoms with Gasteiger partial charge in [-0.2, -0.15) is 0 Å². The molecule has 3 aromatic rings. The molecule has 3 rings (SSSR count). The molecule has 1 unspecified atom stereocenters. The summed E-state index contributed by atoms with van der Waals surface area (Å²) in [6, 6.07) is 15.1. The number of pyridine rings is 1. The van der Waals surface area contributed by atoms with E-state index >= 15 is 0 Å². The van der Waals surface area contributed by atoms with Crippen LogP contribution in [0, 0.1) is 0 Å². The van der Waals surface area contributed by atoms with E-state index in [-0.39, 0.29) is 0 Å². The van der Waals surface area contributed by atoms with Crippen LogP contribution in [-0.2, 0) is 5.60 Å². The van der Waals surface area contributed by atoms with E-state index < -0.39 is 5.60 Å². The lowest BCUT2D eigenvalue weighted by molar-refractivity contribution is 0.103. The SMILES string of the molecule is CC(O)(c1ccc(Cl)cc1)c1cncc2ccccc12. The van der Waals surface area contributed by atoms with Gasteiger partial charge >= 0.3 is 0 Å². The van der Waals surface area contributed by atoms with Crippen LogP contribution in [0.3, 0.4) is 0 Å². The Labute approximate surface area is 122 Å². The largest absolute Gasteiger partial charge is 0.381 e. The zero-order valence-corrected chi connectivity index (χ0v) is 11.8. The molecule has 0 aliphatic heterocycles. The Bertz CT molecular complexity index is 745. The van der Waals surface area contributed by atoms with E-state index in [2.05, 4.69) is 4.98 Å². The maximum absolute atomic E-state index is 11.0. The van der Waals surface area contributed by atoms with Crippen molar-refractivity contribution in [1.82, 2.24) is 4.98 Å². The van der Waals surface area contributed by atoms with Crippen LogP contribution in [0.1, 0.15) is 18.1 Å². The van der Waals surface area contributed by atoms with Gasteiger partial charge in [0.1, 0.15) is 5.60 Å². The first kappa shape index (κ1) is 13.1. The van der Waals surface area contributed by atoms with E-state index in [9.17, 15) is 5.11 Å². The smallest absolute Gasteiger partial charge is 0.114 e. The number of halogens is 1. The summed E-state index contributed by atoms with van der Waals surface area (Å²) >= 11 is 5.91. The molecule has 2 aromatic carbocycles. The first-order valence-corrected chi connectivity index (χ1v) is 6.78. The van der Waals surface area contributed by atoms with Crippen LogP contribution in [-0.4, -0.2) is 10.1 Å². The molecule has 20 heavy (non-hydrogen) atoms. The third-order valence-corrected chi connectivity index (χ3v) is 3.85. The highest BCUT2D eigenvalue weighted by Gasteiger charge is 2.27. The monoisotopic (exact) mass is 283 g/mol. The summed E-state index contributed by atoms with van der Waals surface area (Å²) in [6.07, 6.45) is 3.52. The number of hydrogen-bond acceptors (Lipinski definition) is 2. The molecular weight excluding hydrogens is 270 g/mol. The molecule has 1 aromatic heterocycles. The summed E-state index contributed by atoms with van der Waals surface area (Å²) in [6.45, 7) is 1.78. The third kappa shape index (κ3) is 2.17. The Hall–Kier alpha value is -1.90. The van der Waals surface area contributed by atoms with Crippen LogP contribution in [0.5, 0.6) is 0 Å². The van der Waals surface area contributed by atoms with Crippen molar-refractivity contribution >= 4 is 22.4 Å². The van der Waals surface area contributed by atoms with Gasteiger partial charge in [-0.3, -0.25) is 4.98 Å². The molecule has 0 saturated heterocycles. The average Bonchev–Trinajstić information content (AvgIpc) is 2.47. The van der Waals surface area contributed by atoms with Gasteiger partial charge in [-0.05, 0) is 30.0 Å². The molecule has 0 spiro atoms. The normalized spacial score (nSPS) is 14.2. The van der Waals surface area contributed by atoms with Crippen LogP contribution < -0.4 is 0 Å². The minimum atomic E-state index is -1.11. The zero-order chi connectivity index (χ0) is 14.2. The standard InChI is InChI=1S/C17H14ClNO/c1-17(20,13-6-8-14(18)9-7-13)16-11-19-10-12-4-2-3-5-15(12)16/h2-11,20H,1H3. The maximum atomic E-state index is 11.0. The molecule has 1 N–H and O–H groups in total. The van der Waals surface area contributed by atoms with E-state index in [0.29, 0.717) is 5.02 Å². The van der Waals surface area contributed by atoms with Gasteiger partial charge < -0.3 is 5.11 Å². The van der Waals surface area contributed by atoms with Crippen molar-refractivity contribution in [3.05, 3.63) is 77.1 Å². The molecule has 0 aliphatic rings. The predicted molar refractivity (Wildman–Crippen MR) is 81.9 cm³/mol. The zero-order valence-electron chi connectivity index (χ0n) is 11.0. The predicted octanol–water partition coefficient (Wildman–Crippen LogP) is 4.14. The molecule has 0 radical (unpaired) electrons. The number of hydrogen-bond donors (Lipinski definition) is 1. The van der Waals surface area contributed by atoms with E-state index in [1.54, 1.807) is 31.5 Å². The van der Waals surface area contributed by atoms with Gasteiger partial charge in [0.25, 0.3) is 0 Å². The fraction of sp³-hybridized carbons (Fsp3) is 0.118. The highest BCUT2D eigenvalue weighted by molar-refractivity contribution is 6.30. The summed E-state index contributed by atoms with van der Waals surface area (Å²) in [5, 5.41) is 13.6. The lowest BCUT2D eigenvalue weighted by Crippen LogP contribution is -2.23. The molecule has 0 fully saturated rings. The van der Waals surface area contributed by atoms with Crippen LogP contribution in [0.15, 0.2) is 60.9 Å². The van der Waals surface area contributed by atoms with Gasteiger partial charge in [0.2, 0.25) is 0 Å². The van der Waals surface area contributed by atoms with Crippen molar-refractivity contribution in [2.24, 2.45) is 0 Å². The van der Waals surface area contributed by atoms with Crippen molar-refractivity contribution in [2.75, 3.05) is 0 Å². The van der Waals surface area contributed by atoms with Gasteiger partial charge in [-0.1, -0.05) is 48.0 Å². The van der Waals surface area contributed by atoms with Crippen molar-refractivity contribution in [1.29, 1.82) is 0 Å². The summed E-state index contributed by atoms with van der Waals surface area (Å²) < 4.78 is 0. The maximum Gasteiger partial charge on any atom is 0.114 e. The summed E-state index contributed by atoms with van der Waals surface area (Å²) in [5.41, 5.74) is 0.469. The fourth-order valence-corrected chi connectivity index (χ4v) is 2.56. The first-order chi connectivity index (χ1) is 9.59. The molecule has 100 valence electrons. The highest BCUT2D eigenvalue weighted by Crippen LogP contribution is 2.33. The Morgan fingerprint density at radius 3 is 2.45 bits per heavy atom. The molecule has 0 amide bonds. The first-order valence-electron chi connectivity index (χ1n) is 6.41. The Morgan fingerprint density at radius 1 is 1.00 bits per heavy atom. The quantitative estimate of drug-likeness (QED) is 0.766. The lowest BCUT2D eigenvalue weighted by Gasteiger charge is -2.25. The van der Waals surface area contributed by atoms with Gasteiger partial charge in [0, 0.05) is 28.4 Å². The molecule has 1 atom stereocenters. The molecule has 0 aliphatic carbocycles. The van der Waals surface area contributed by atoms with Crippen LogP contribution in [0.4, 0.5) is 0 Å². The van der Waals surface area contributed by atoms with Gasteiger partial charge in [-0.25, -0.2) is 0 Å². The lowest BCUT2D eigenvalue weighted by atomic mass is 9.86. The number of benzene rings is 2. The van der Waals surface area contributed by atoms with Crippen LogP contribution in [0.2, 0.25) is 5.02 Å². The van der Waals surface area contributed by atoms with E-state index in [0.717, 1.165) is 21.9 Å². The van der Waals surface area contributed by atoms with Gasteiger partial charge in [0.05, 0.1) is 0 Å². The topological polar surface area (TPSA) is 33.1 Å². The number of fused-ring (bicyclic) bond motifs is 1. The number of aliphatic hydroxyl groups is 1. The second kappa shape index (κ2) is 4.89. The molecule has 0 bridgehead atoms. The van der Waals surface area contributed by atoms with Crippen molar-refractivity contribution in [2.45, 2.75) is 12.5 Å². The molecule has 2 nitrogen and oxygen atoms in total. The minimum Gasteiger partial charge on any atom is -0.381 e. The number of nitrogens with zero attached hydrogens (tertiary/aromatic N) is 1. The Kier molecular flexibility index (Phi) is 3.20. The van der Waals surface area contributed by atoms with Crippen molar-refractivity contribution in [3.8, 4) is 0 Å². The number of rotatable bonds is 2. The third-order valence-electron chi connectivity index (χ3n) is 3.60. The van der Waals surface area contributed by atoms with E-state index in [1.165, 1.54) is 0 Å². The fourth-order valence-electron chi connectivity index (χ4n) is 2.43. The summed E-state index contributed by atoms with van der Waals surface area (Å²) in [4.78, 5) is 4.24. The highest BCUT2D eigenvalue weighted by atomic mass is 35.5. The van der Waals surface area contributed by atoms with Gasteiger partial charge in [-0.15, -0.1) is 0 Å². The molecule has 3 heteroatoms. The average molecular weight is 284 g/mol. The summed E-state index contributed by atoms with van der Waals surface area (Å²) in [5.74, 6) is 0. The van der Waals surface area contributed by atoms with Crippen molar-refractivity contribution < 1.29 is 5.11 Å². The molecular formula is C17H14ClNO.